The molecule has 0 radical (unpaired) electrons. The average Bonchev–Trinajstić information content (AvgIpc) is 3.57. The molecule has 1 amide bonds. The van der Waals surface area contributed by atoms with E-state index in [4.69, 9.17) is 16.7 Å². The van der Waals surface area contributed by atoms with Gasteiger partial charge in [-0.2, -0.15) is 10.2 Å². The Labute approximate surface area is 230 Å². The van der Waals surface area contributed by atoms with Crippen molar-refractivity contribution >= 4 is 45.0 Å². The van der Waals surface area contributed by atoms with Crippen LogP contribution in [0.5, 0.6) is 0 Å². The second-order valence-corrected chi connectivity index (χ2v) is 10.2. The van der Waals surface area contributed by atoms with Crippen molar-refractivity contribution in [2.24, 2.45) is 5.10 Å². The Morgan fingerprint density at radius 2 is 1.87 bits per heavy atom. The number of hydrogen-bond donors (Lipinski definition) is 1. The molecular weight excluding hydrogens is 510 g/mol. The quantitative estimate of drug-likeness (QED) is 0.262. The molecule has 3 heterocycles. The lowest BCUT2D eigenvalue weighted by Crippen LogP contribution is -2.26. The summed E-state index contributed by atoms with van der Waals surface area (Å²) in [7, 11) is 0. The largest absolute Gasteiger partial charge is 0.321 e. The van der Waals surface area contributed by atoms with Crippen molar-refractivity contribution in [3.8, 4) is 11.1 Å². The van der Waals surface area contributed by atoms with Gasteiger partial charge in [-0.25, -0.2) is 5.01 Å². The summed E-state index contributed by atoms with van der Waals surface area (Å²) in [6, 6.07) is 21.1. The van der Waals surface area contributed by atoms with Crippen molar-refractivity contribution in [2.45, 2.75) is 45.7 Å². The first-order valence-electron chi connectivity index (χ1n) is 13.2. The number of rotatable bonds is 6. The fourth-order valence-electron chi connectivity index (χ4n) is 5.49. The Bertz CT molecular complexity index is 1810. The average molecular weight is 538 g/mol. The molecule has 0 saturated heterocycles. The third-order valence-electron chi connectivity index (χ3n) is 7.31. The van der Waals surface area contributed by atoms with Crippen LogP contribution in [0.2, 0.25) is 5.02 Å². The molecular formula is C31H28ClN5O2. The summed E-state index contributed by atoms with van der Waals surface area (Å²) in [5.41, 5.74) is 5.15. The molecule has 7 nitrogen and oxygen atoms in total. The number of amides is 1. The fraction of sp³-hybridized carbons (Fsp3) is 0.226. The minimum atomic E-state index is -0.327. The summed E-state index contributed by atoms with van der Waals surface area (Å²) in [6.07, 6.45) is 3.35. The highest BCUT2D eigenvalue weighted by Gasteiger charge is 2.35. The monoisotopic (exact) mass is 537 g/mol. The number of nitrogens with one attached hydrogen (secondary N) is 1. The number of pyridine rings is 1. The van der Waals surface area contributed by atoms with Crippen molar-refractivity contribution < 1.29 is 4.79 Å². The van der Waals surface area contributed by atoms with E-state index in [9.17, 15) is 9.59 Å². The summed E-state index contributed by atoms with van der Waals surface area (Å²) in [4.78, 5) is 30.0. The fourth-order valence-corrected chi connectivity index (χ4v) is 5.66. The first-order valence-corrected chi connectivity index (χ1v) is 13.6. The molecule has 1 unspecified atom stereocenters. The van der Waals surface area contributed by atoms with Crippen LogP contribution in [0.25, 0.3) is 32.9 Å². The van der Waals surface area contributed by atoms with E-state index in [1.165, 1.54) is 0 Å². The van der Waals surface area contributed by atoms with E-state index >= 15 is 0 Å². The zero-order valence-electron chi connectivity index (χ0n) is 21.8. The van der Waals surface area contributed by atoms with Crippen LogP contribution in [0.4, 0.5) is 0 Å². The van der Waals surface area contributed by atoms with Crippen LogP contribution in [-0.4, -0.2) is 31.4 Å². The minimum Gasteiger partial charge on any atom is -0.321 e. The molecule has 0 spiro atoms. The maximum atomic E-state index is 13.7. The molecule has 0 aliphatic carbocycles. The van der Waals surface area contributed by atoms with Gasteiger partial charge in [-0.3, -0.25) is 14.3 Å². The maximum Gasteiger partial charge on any atom is 0.258 e. The van der Waals surface area contributed by atoms with Crippen molar-refractivity contribution in [3.63, 3.8) is 0 Å². The number of aryl methyl sites for hydroxylation is 1. The van der Waals surface area contributed by atoms with Gasteiger partial charge in [0.2, 0.25) is 5.91 Å². The SMILES string of the molecule is CCCC(=O)N1N=C(c2c(-c3ccccc3)c3cc(Cl)ccc3[nH]c2=O)CC1c1ccc2c(cnn2CC)c1. The third kappa shape index (κ3) is 4.42. The van der Waals surface area contributed by atoms with Gasteiger partial charge >= 0.3 is 0 Å². The number of benzene rings is 3. The van der Waals surface area contributed by atoms with E-state index in [1.807, 2.05) is 72.4 Å². The number of nitrogens with zero attached hydrogens (tertiary/aromatic N) is 4. The van der Waals surface area contributed by atoms with Gasteiger partial charge in [0.25, 0.3) is 5.56 Å². The van der Waals surface area contributed by atoms with Gasteiger partial charge in [0.05, 0.1) is 29.0 Å². The number of hydrogen-bond acceptors (Lipinski definition) is 4. The Balaban J connectivity index is 1.53. The van der Waals surface area contributed by atoms with Crippen LogP contribution < -0.4 is 5.56 Å². The van der Waals surface area contributed by atoms with Crippen molar-refractivity contribution in [1.29, 1.82) is 0 Å². The molecule has 1 aliphatic heterocycles. The number of fused-ring (bicyclic) bond motifs is 2. The van der Waals surface area contributed by atoms with E-state index in [2.05, 4.69) is 23.1 Å². The Hall–Kier alpha value is -4.23. The summed E-state index contributed by atoms with van der Waals surface area (Å²) in [5, 5.41) is 13.3. The molecule has 0 fully saturated rings. The molecule has 1 N–H and O–H groups in total. The molecule has 1 atom stereocenters. The lowest BCUT2D eigenvalue weighted by atomic mass is 9.91. The van der Waals surface area contributed by atoms with Crippen LogP contribution >= 0.6 is 11.6 Å². The summed E-state index contributed by atoms with van der Waals surface area (Å²) in [6.45, 7) is 4.81. The van der Waals surface area contributed by atoms with Crippen molar-refractivity contribution in [2.75, 3.05) is 0 Å². The highest BCUT2D eigenvalue weighted by atomic mass is 35.5. The van der Waals surface area contributed by atoms with Crippen molar-refractivity contribution in [1.82, 2.24) is 19.8 Å². The normalized spacial score (nSPS) is 15.3. The van der Waals surface area contributed by atoms with Gasteiger partial charge in [-0.15, -0.1) is 0 Å². The topological polar surface area (TPSA) is 83.3 Å². The summed E-state index contributed by atoms with van der Waals surface area (Å²) in [5.74, 6) is -0.0663. The number of halogens is 1. The first kappa shape index (κ1) is 25.1. The predicted octanol–water partition coefficient (Wildman–Crippen LogP) is 6.70. The molecule has 1 aliphatic rings. The standard InChI is InChI=1S/C31H28ClN5O2/c1-3-8-28(38)37-27(20-11-14-26-21(15-20)18-33-36(26)4-2)17-25(35-37)30-29(19-9-6-5-7-10-19)23-16-22(32)12-13-24(23)34-31(30)39/h5-7,9-16,18,27H,3-4,8,17H2,1-2H3,(H,34,39). The molecule has 3 aromatic carbocycles. The molecule has 0 bridgehead atoms. The molecule has 5 aromatic rings. The Kier molecular flexibility index (Phi) is 6.53. The highest BCUT2D eigenvalue weighted by Crippen LogP contribution is 2.38. The van der Waals surface area contributed by atoms with Crippen molar-refractivity contribution in [3.05, 3.63) is 99.4 Å². The highest BCUT2D eigenvalue weighted by molar-refractivity contribution is 6.31. The number of carbonyl (C=O) groups excluding carboxylic acids is 1. The third-order valence-corrected chi connectivity index (χ3v) is 7.54. The predicted molar refractivity (Wildman–Crippen MR) is 156 cm³/mol. The lowest BCUT2D eigenvalue weighted by molar-refractivity contribution is -0.133. The summed E-state index contributed by atoms with van der Waals surface area (Å²) < 4.78 is 1.95. The number of hydrazone groups is 1. The lowest BCUT2D eigenvalue weighted by Gasteiger charge is -2.22. The van der Waals surface area contributed by atoms with Gasteiger partial charge in [0, 0.05) is 46.3 Å². The second kappa shape index (κ2) is 10.2. The smallest absolute Gasteiger partial charge is 0.258 e. The Morgan fingerprint density at radius 3 is 2.64 bits per heavy atom. The van der Waals surface area contributed by atoms with E-state index in [0.717, 1.165) is 39.5 Å². The minimum absolute atomic E-state index is 0.0663. The molecule has 6 rings (SSSR count). The number of H-pyrrole nitrogens is 1. The van der Waals surface area contributed by atoms with Gasteiger partial charge in [0.15, 0.2) is 0 Å². The van der Waals surface area contributed by atoms with E-state index in [-0.39, 0.29) is 17.5 Å². The summed E-state index contributed by atoms with van der Waals surface area (Å²) >= 11 is 6.41. The number of aromatic nitrogens is 3. The molecule has 196 valence electrons. The van der Waals surface area contributed by atoms with Crippen LogP contribution in [-0.2, 0) is 11.3 Å². The van der Waals surface area contributed by atoms with E-state index in [0.29, 0.717) is 41.1 Å². The van der Waals surface area contributed by atoms with E-state index < -0.39 is 0 Å². The number of aromatic amines is 1. The van der Waals surface area contributed by atoms with Crippen LogP contribution in [0.1, 0.15) is 50.3 Å². The molecule has 2 aromatic heterocycles. The van der Waals surface area contributed by atoms with Crippen LogP contribution in [0, 0.1) is 0 Å². The zero-order valence-corrected chi connectivity index (χ0v) is 22.6. The zero-order chi connectivity index (χ0) is 27.1. The van der Waals surface area contributed by atoms with Crippen LogP contribution in [0.15, 0.2) is 82.8 Å². The number of carbonyl (C=O) groups is 1. The van der Waals surface area contributed by atoms with E-state index in [1.54, 1.807) is 11.1 Å². The Morgan fingerprint density at radius 1 is 1.05 bits per heavy atom. The van der Waals surface area contributed by atoms with Crippen LogP contribution in [0.3, 0.4) is 0 Å². The van der Waals surface area contributed by atoms with Gasteiger partial charge in [-0.1, -0.05) is 54.9 Å². The second-order valence-electron chi connectivity index (χ2n) is 9.79. The maximum absolute atomic E-state index is 13.7. The first-order chi connectivity index (χ1) is 19.0. The molecule has 8 heteroatoms. The van der Waals surface area contributed by atoms with Gasteiger partial charge in [-0.05, 0) is 54.8 Å². The van der Waals surface area contributed by atoms with Gasteiger partial charge in [0.1, 0.15) is 0 Å². The molecule has 39 heavy (non-hydrogen) atoms. The molecule has 0 saturated carbocycles. The van der Waals surface area contributed by atoms with Gasteiger partial charge < -0.3 is 4.98 Å².